The van der Waals surface area contributed by atoms with E-state index in [0.29, 0.717) is 6.42 Å². The summed E-state index contributed by atoms with van der Waals surface area (Å²) >= 11 is 0. The topological polar surface area (TPSA) is 58.3 Å². The Morgan fingerprint density at radius 3 is 2.35 bits per heavy atom. The van der Waals surface area contributed by atoms with E-state index in [4.69, 9.17) is 0 Å². The molecule has 0 fully saturated rings. The molecule has 0 spiro atoms. The molecule has 4 nitrogen and oxygen atoms in total. The monoisotopic (exact) mass is 276 g/mol. The Bertz CT molecular complexity index is 616. The van der Waals surface area contributed by atoms with Crippen LogP contribution in [-0.4, -0.2) is 25.4 Å². The quantitative estimate of drug-likeness (QED) is 0.902. The van der Waals surface area contributed by atoms with E-state index in [1.165, 1.54) is 0 Å². The van der Waals surface area contributed by atoms with Crippen LogP contribution >= 0.6 is 0 Å². The zero-order valence-electron chi connectivity index (χ0n) is 12.9. The van der Waals surface area contributed by atoms with Gasteiger partial charge in [-0.1, -0.05) is 6.07 Å². The molecule has 0 atom stereocenters. The lowest BCUT2D eigenvalue weighted by molar-refractivity contribution is 0.0706. The van der Waals surface area contributed by atoms with E-state index in [2.05, 4.69) is 9.55 Å². The van der Waals surface area contributed by atoms with E-state index in [-0.39, 0.29) is 0 Å². The van der Waals surface area contributed by atoms with E-state index >= 15 is 0 Å². The van der Waals surface area contributed by atoms with Crippen LogP contribution in [0.5, 0.6) is 0 Å². The van der Waals surface area contributed by atoms with Crippen molar-refractivity contribution in [3.05, 3.63) is 29.6 Å². The normalized spacial score (nSPS) is 13.2. The van der Waals surface area contributed by atoms with Crippen molar-refractivity contribution in [3.8, 4) is 0 Å². The maximum Gasteiger partial charge on any atom is 0.109 e. The zero-order valence-corrected chi connectivity index (χ0v) is 12.9. The number of aromatic nitrogens is 2. The summed E-state index contributed by atoms with van der Waals surface area (Å²) in [5.41, 5.74) is 1.24. The second kappa shape index (κ2) is 4.86. The molecule has 0 saturated carbocycles. The van der Waals surface area contributed by atoms with Gasteiger partial charge in [0.1, 0.15) is 5.82 Å². The van der Waals surface area contributed by atoms with E-state index in [0.717, 1.165) is 28.8 Å². The number of rotatable bonds is 4. The fourth-order valence-electron chi connectivity index (χ4n) is 2.27. The van der Waals surface area contributed by atoms with Crippen LogP contribution < -0.4 is 0 Å². The molecule has 0 amide bonds. The van der Waals surface area contributed by atoms with Crippen molar-refractivity contribution in [2.75, 3.05) is 0 Å². The lowest BCUT2D eigenvalue weighted by Gasteiger charge is -2.17. The fraction of sp³-hybridized carbons (Fsp3) is 0.562. The summed E-state index contributed by atoms with van der Waals surface area (Å²) in [6.45, 7) is 7.16. The summed E-state index contributed by atoms with van der Waals surface area (Å²) < 4.78 is 2.05. The van der Waals surface area contributed by atoms with Crippen molar-refractivity contribution in [2.45, 2.75) is 51.7 Å². The molecule has 0 unspecified atom stereocenters. The minimum absolute atomic E-state index is 0.669. The van der Waals surface area contributed by atoms with E-state index < -0.39 is 11.2 Å². The summed E-state index contributed by atoms with van der Waals surface area (Å²) in [4.78, 5) is 4.63. The molecule has 1 aromatic heterocycles. The van der Waals surface area contributed by atoms with Crippen molar-refractivity contribution in [1.82, 2.24) is 9.55 Å². The van der Waals surface area contributed by atoms with Gasteiger partial charge < -0.3 is 14.8 Å². The summed E-state index contributed by atoms with van der Waals surface area (Å²) in [6, 6.07) is 5.86. The number of benzene rings is 1. The van der Waals surface area contributed by atoms with Gasteiger partial charge in [-0.15, -0.1) is 0 Å². The molecule has 2 rings (SSSR count). The third kappa shape index (κ3) is 3.19. The van der Waals surface area contributed by atoms with Crippen LogP contribution in [0.4, 0.5) is 0 Å². The highest BCUT2D eigenvalue weighted by molar-refractivity contribution is 5.77. The lowest BCUT2D eigenvalue weighted by atomic mass is 9.98. The number of aryl methyl sites for hydroxylation is 2. The van der Waals surface area contributed by atoms with E-state index in [1.54, 1.807) is 13.8 Å². The molecule has 0 saturated heterocycles. The van der Waals surface area contributed by atoms with Gasteiger partial charge in [0.15, 0.2) is 0 Å². The maximum absolute atomic E-state index is 10.1. The molecule has 110 valence electrons. The highest BCUT2D eigenvalue weighted by Gasteiger charge is 2.19. The molecule has 0 aliphatic carbocycles. The van der Waals surface area contributed by atoms with Crippen LogP contribution in [0.1, 0.15) is 45.5 Å². The number of nitrogens with zero attached hydrogens (tertiary/aromatic N) is 2. The summed E-state index contributed by atoms with van der Waals surface area (Å²) in [5.74, 6) is 0.954. The van der Waals surface area contributed by atoms with Gasteiger partial charge in [-0.3, -0.25) is 0 Å². The molecule has 1 heterocycles. The molecule has 2 aromatic rings. The molecule has 20 heavy (non-hydrogen) atoms. The van der Waals surface area contributed by atoms with E-state index in [9.17, 15) is 10.2 Å². The predicted octanol–water partition coefficient (Wildman–Crippen LogP) is 2.50. The Labute approximate surface area is 120 Å². The largest absolute Gasteiger partial charge is 0.390 e. The van der Waals surface area contributed by atoms with Gasteiger partial charge in [-0.2, -0.15) is 0 Å². The maximum atomic E-state index is 10.1. The van der Waals surface area contributed by atoms with Gasteiger partial charge in [-0.25, -0.2) is 4.98 Å². The van der Waals surface area contributed by atoms with Crippen LogP contribution in [-0.2, 0) is 19.1 Å². The summed E-state index contributed by atoms with van der Waals surface area (Å²) in [5, 5.41) is 19.9. The second-order valence-corrected chi connectivity index (χ2v) is 6.66. The van der Waals surface area contributed by atoms with Crippen molar-refractivity contribution in [2.24, 2.45) is 7.05 Å². The molecular weight excluding hydrogens is 252 g/mol. The van der Waals surface area contributed by atoms with Crippen LogP contribution in [0.15, 0.2) is 18.2 Å². The number of imidazole rings is 1. The van der Waals surface area contributed by atoms with Gasteiger partial charge in [0.25, 0.3) is 0 Å². The molecule has 0 radical (unpaired) electrons. The second-order valence-electron chi connectivity index (χ2n) is 6.66. The Balaban J connectivity index is 2.37. The average molecular weight is 276 g/mol. The van der Waals surface area contributed by atoms with Crippen LogP contribution in [0.2, 0.25) is 0 Å². The fourth-order valence-corrected chi connectivity index (χ4v) is 2.27. The number of fused-ring (bicyclic) bond motifs is 1. The Morgan fingerprint density at radius 1 is 1.15 bits per heavy atom. The highest BCUT2D eigenvalue weighted by Crippen LogP contribution is 2.25. The molecule has 2 N–H and O–H groups in total. The molecule has 0 bridgehead atoms. The highest BCUT2D eigenvalue weighted by atomic mass is 16.3. The predicted molar refractivity (Wildman–Crippen MR) is 80.6 cm³/mol. The van der Waals surface area contributed by atoms with Crippen LogP contribution in [0.25, 0.3) is 11.0 Å². The van der Waals surface area contributed by atoms with Crippen molar-refractivity contribution in [3.63, 3.8) is 0 Å². The Morgan fingerprint density at radius 2 is 1.80 bits per heavy atom. The molecule has 1 aromatic carbocycles. The Hall–Kier alpha value is -1.39. The van der Waals surface area contributed by atoms with Gasteiger partial charge in [-0.05, 0) is 51.8 Å². The third-order valence-electron chi connectivity index (χ3n) is 3.64. The third-order valence-corrected chi connectivity index (χ3v) is 3.64. The zero-order chi connectivity index (χ0) is 15.1. The standard InChI is InChI=1S/C16H24N2O2/c1-15(2,19)9-8-14-17-12-10-11(16(3,4)20)6-7-13(12)18(14)5/h6-7,10,19-20H,8-9H2,1-5H3. The van der Waals surface area contributed by atoms with Gasteiger partial charge >= 0.3 is 0 Å². The minimum atomic E-state index is -0.862. The minimum Gasteiger partial charge on any atom is -0.390 e. The van der Waals surface area contributed by atoms with Crippen LogP contribution in [0, 0.1) is 0 Å². The molecule has 0 aliphatic heterocycles. The van der Waals surface area contributed by atoms with Gasteiger partial charge in [0.2, 0.25) is 0 Å². The number of aliphatic hydroxyl groups is 2. The van der Waals surface area contributed by atoms with Crippen molar-refractivity contribution >= 4 is 11.0 Å². The first kappa shape index (κ1) is 15.0. The summed E-state index contributed by atoms with van der Waals surface area (Å²) in [7, 11) is 1.98. The molecular formula is C16H24N2O2. The first-order valence-electron chi connectivity index (χ1n) is 6.98. The lowest BCUT2D eigenvalue weighted by Crippen LogP contribution is -2.20. The van der Waals surface area contributed by atoms with Crippen molar-refractivity contribution in [1.29, 1.82) is 0 Å². The number of hydrogen-bond acceptors (Lipinski definition) is 3. The van der Waals surface area contributed by atoms with Gasteiger partial charge in [0, 0.05) is 13.5 Å². The van der Waals surface area contributed by atoms with E-state index in [1.807, 2.05) is 39.1 Å². The number of hydrogen-bond donors (Lipinski definition) is 2. The van der Waals surface area contributed by atoms with Gasteiger partial charge in [0.05, 0.1) is 22.2 Å². The van der Waals surface area contributed by atoms with Crippen molar-refractivity contribution < 1.29 is 10.2 Å². The average Bonchev–Trinajstić information content (AvgIpc) is 2.61. The Kier molecular flexibility index (Phi) is 3.65. The molecule has 0 aliphatic rings. The first-order chi connectivity index (χ1) is 9.08. The smallest absolute Gasteiger partial charge is 0.109 e. The first-order valence-corrected chi connectivity index (χ1v) is 6.98. The summed E-state index contributed by atoms with van der Waals surface area (Å²) in [6.07, 6.45) is 1.40. The SMILES string of the molecule is Cn1c(CCC(C)(C)O)nc2cc(C(C)(C)O)ccc21. The van der Waals surface area contributed by atoms with Crippen LogP contribution in [0.3, 0.4) is 0 Å². The molecule has 4 heteroatoms.